The molecule has 38 heavy (non-hydrogen) atoms. The Bertz CT molecular complexity index is 1530. The van der Waals surface area contributed by atoms with Gasteiger partial charge in [0, 0.05) is 49.4 Å². The van der Waals surface area contributed by atoms with Crippen LogP contribution >= 0.6 is 11.6 Å². The molecule has 1 aromatic heterocycles. The van der Waals surface area contributed by atoms with Crippen LogP contribution < -0.4 is 14.9 Å². The number of hydrogen-bond donors (Lipinski definition) is 1. The molecule has 2 heterocycles. The Labute approximate surface area is 224 Å². The highest BCUT2D eigenvalue weighted by Crippen LogP contribution is 2.34. The van der Waals surface area contributed by atoms with Gasteiger partial charge in [-0.2, -0.15) is 0 Å². The molecule has 0 bridgehead atoms. The number of amides is 1. The van der Waals surface area contributed by atoms with Gasteiger partial charge in [0.15, 0.2) is 23.5 Å². The van der Waals surface area contributed by atoms with Crippen LogP contribution in [-0.2, 0) is 11.3 Å². The molecule has 3 aromatic carbocycles. The van der Waals surface area contributed by atoms with E-state index in [1.807, 2.05) is 24.3 Å². The van der Waals surface area contributed by atoms with E-state index in [0.29, 0.717) is 35.9 Å². The van der Waals surface area contributed by atoms with Gasteiger partial charge in [0.2, 0.25) is 0 Å². The molecule has 0 aliphatic carbocycles. The summed E-state index contributed by atoms with van der Waals surface area (Å²) in [7, 11) is 1.51. The number of rotatable bonds is 7. The molecule has 0 spiro atoms. The number of aromatic hydroxyl groups is 1. The van der Waals surface area contributed by atoms with Gasteiger partial charge in [-0.15, -0.1) is 0 Å². The molecule has 1 amide bonds. The minimum absolute atomic E-state index is 0.123. The Kier molecular flexibility index (Phi) is 7.53. The summed E-state index contributed by atoms with van der Waals surface area (Å²) < 4.78 is 17.2. The average molecular weight is 535 g/mol. The van der Waals surface area contributed by atoms with Crippen LogP contribution in [0.3, 0.4) is 0 Å². The maximum absolute atomic E-state index is 12.9. The monoisotopic (exact) mass is 534 g/mol. The van der Waals surface area contributed by atoms with E-state index in [0.717, 1.165) is 30.2 Å². The molecule has 0 unspecified atom stereocenters. The van der Waals surface area contributed by atoms with E-state index in [1.54, 1.807) is 35.2 Å². The third kappa shape index (κ3) is 5.46. The number of benzene rings is 3. The highest BCUT2D eigenvalue weighted by molar-refractivity contribution is 6.31. The standard InChI is InChI=1S/C29H27ClN2O6/c1-36-24-10-9-19(26-16-23(34)29-22(33)7-4-8-25(29)38-26)15-27(24)37-18-28(35)32-13-11-31(12-14-32)17-20-5-2-3-6-21(20)30/h2-10,15-16,33H,11-14,17-18H2,1H3. The maximum atomic E-state index is 12.9. The van der Waals surface area contributed by atoms with E-state index in [-0.39, 0.29) is 34.7 Å². The van der Waals surface area contributed by atoms with Crippen LogP contribution in [0.5, 0.6) is 17.2 Å². The van der Waals surface area contributed by atoms with E-state index in [1.165, 1.54) is 19.2 Å². The fourth-order valence-electron chi connectivity index (χ4n) is 4.53. The summed E-state index contributed by atoms with van der Waals surface area (Å²) in [6.07, 6.45) is 0. The highest BCUT2D eigenvalue weighted by atomic mass is 35.5. The van der Waals surface area contributed by atoms with Gasteiger partial charge in [-0.25, -0.2) is 0 Å². The maximum Gasteiger partial charge on any atom is 0.260 e. The molecule has 0 atom stereocenters. The lowest BCUT2D eigenvalue weighted by molar-refractivity contribution is -0.135. The summed E-state index contributed by atoms with van der Waals surface area (Å²) >= 11 is 6.29. The van der Waals surface area contributed by atoms with Crippen LogP contribution in [0.2, 0.25) is 5.02 Å². The number of carbonyl (C=O) groups excluding carboxylic acids is 1. The summed E-state index contributed by atoms with van der Waals surface area (Å²) in [6.45, 7) is 3.27. The normalized spacial score (nSPS) is 14.0. The van der Waals surface area contributed by atoms with E-state index in [9.17, 15) is 14.7 Å². The van der Waals surface area contributed by atoms with Crippen molar-refractivity contribution in [1.82, 2.24) is 9.80 Å². The Morgan fingerprint density at radius 1 is 1.00 bits per heavy atom. The van der Waals surface area contributed by atoms with Gasteiger partial charge >= 0.3 is 0 Å². The summed E-state index contributed by atoms with van der Waals surface area (Å²) in [5.41, 5.74) is 1.56. The molecule has 1 aliphatic heterocycles. The molecular formula is C29H27ClN2O6. The number of halogens is 1. The number of ether oxygens (including phenoxy) is 2. The number of carbonyl (C=O) groups is 1. The van der Waals surface area contributed by atoms with Crippen molar-refractivity contribution in [1.29, 1.82) is 0 Å². The zero-order chi connectivity index (χ0) is 26.6. The van der Waals surface area contributed by atoms with Gasteiger partial charge in [-0.3, -0.25) is 14.5 Å². The predicted octanol–water partition coefficient (Wildman–Crippen LogP) is 4.55. The lowest BCUT2D eigenvalue weighted by atomic mass is 10.1. The van der Waals surface area contributed by atoms with Crippen molar-refractivity contribution in [3.63, 3.8) is 0 Å². The van der Waals surface area contributed by atoms with E-state index in [4.69, 9.17) is 25.5 Å². The third-order valence-electron chi connectivity index (χ3n) is 6.61. The third-order valence-corrected chi connectivity index (χ3v) is 6.98. The van der Waals surface area contributed by atoms with Crippen LogP contribution in [0, 0.1) is 0 Å². The summed E-state index contributed by atoms with van der Waals surface area (Å²) in [4.78, 5) is 29.6. The first-order valence-corrected chi connectivity index (χ1v) is 12.6. The number of fused-ring (bicyclic) bond motifs is 1. The summed E-state index contributed by atoms with van der Waals surface area (Å²) in [6, 6.07) is 18.9. The molecule has 8 nitrogen and oxygen atoms in total. The fourth-order valence-corrected chi connectivity index (χ4v) is 4.73. The minimum atomic E-state index is -0.360. The van der Waals surface area contributed by atoms with E-state index >= 15 is 0 Å². The molecule has 9 heteroatoms. The largest absolute Gasteiger partial charge is 0.507 e. The summed E-state index contributed by atoms with van der Waals surface area (Å²) in [5.74, 6) is 0.857. The number of piperazine rings is 1. The smallest absolute Gasteiger partial charge is 0.260 e. The van der Waals surface area contributed by atoms with Gasteiger partial charge in [-0.05, 0) is 42.0 Å². The van der Waals surface area contributed by atoms with Crippen molar-refractivity contribution < 1.29 is 23.8 Å². The van der Waals surface area contributed by atoms with Crippen LogP contribution in [0.15, 0.2) is 75.9 Å². The quantitative estimate of drug-likeness (QED) is 0.372. The van der Waals surface area contributed by atoms with Crippen LogP contribution in [-0.4, -0.2) is 60.7 Å². The molecule has 1 saturated heterocycles. The molecule has 196 valence electrons. The molecular weight excluding hydrogens is 508 g/mol. The molecule has 0 radical (unpaired) electrons. The number of methoxy groups -OCH3 is 1. The minimum Gasteiger partial charge on any atom is -0.507 e. The number of nitrogens with zero attached hydrogens (tertiary/aromatic N) is 2. The summed E-state index contributed by atoms with van der Waals surface area (Å²) in [5, 5.41) is 10.9. The zero-order valence-corrected chi connectivity index (χ0v) is 21.6. The molecule has 0 saturated carbocycles. The first-order chi connectivity index (χ1) is 18.4. The number of hydrogen-bond acceptors (Lipinski definition) is 7. The molecule has 1 aliphatic rings. The van der Waals surface area contributed by atoms with E-state index < -0.39 is 0 Å². The van der Waals surface area contributed by atoms with Crippen molar-refractivity contribution in [2.45, 2.75) is 6.54 Å². The van der Waals surface area contributed by atoms with Crippen LogP contribution in [0.4, 0.5) is 0 Å². The van der Waals surface area contributed by atoms with E-state index in [2.05, 4.69) is 4.90 Å². The van der Waals surface area contributed by atoms with Crippen molar-refractivity contribution >= 4 is 28.5 Å². The Hall–Kier alpha value is -4.01. The lowest BCUT2D eigenvalue weighted by Gasteiger charge is -2.34. The van der Waals surface area contributed by atoms with Gasteiger partial charge in [0.1, 0.15) is 22.5 Å². The number of phenols is 1. The zero-order valence-electron chi connectivity index (χ0n) is 20.9. The van der Waals surface area contributed by atoms with Gasteiger partial charge in [0.25, 0.3) is 5.91 Å². The predicted molar refractivity (Wildman–Crippen MR) is 145 cm³/mol. The first kappa shape index (κ1) is 25.6. The average Bonchev–Trinajstić information content (AvgIpc) is 2.93. The van der Waals surface area contributed by atoms with Crippen molar-refractivity contribution in [3.8, 4) is 28.6 Å². The number of phenolic OH excluding ortho intramolecular Hbond substituents is 1. The Morgan fingerprint density at radius 2 is 1.79 bits per heavy atom. The second-order valence-electron chi connectivity index (χ2n) is 9.03. The highest BCUT2D eigenvalue weighted by Gasteiger charge is 2.22. The molecule has 4 aromatic rings. The van der Waals surface area contributed by atoms with Crippen LogP contribution in [0.1, 0.15) is 5.56 Å². The van der Waals surface area contributed by atoms with Crippen molar-refractivity contribution in [2.75, 3.05) is 39.9 Å². The Morgan fingerprint density at radius 3 is 2.55 bits per heavy atom. The molecule has 1 fully saturated rings. The topological polar surface area (TPSA) is 92.4 Å². The van der Waals surface area contributed by atoms with Crippen LogP contribution in [0.25, 0.3) is 22.3 Å². The second kappa shape index (κ2) is 11.2. The first-order valence-electron chi connectivity index (χ1n) is 12.2. The van der Waals surface area contributed by atoms with Gasteiger partial charge in [-0.1, -0.05) is 35.9 Å². The molecule has 5 rings (SSSR count). The Balaban J connectivity index is 1.25. The molecule has 1 N–H and O–H groups in total. The fraction of sp³-hybridized carbons (Fsp3) is 0.241. The SMILES string of the molecule is COc1ccc(-c2cc(=O)c3c(O)cccc3o2)cc1OCC(=O)N1CCN(Cc2ccccc2Cl)CC1. The van der Waals surface area contributed by atoms with Gasteiger partial charge < -0.3 is 23.9 Å². The lowest BCUT2D eigenvalue weighted by Crippen LogP contribution is -2.49. The van der Waals surface area contributed by atoms with Gasteiger partial charge in [0.05, 0.1) is 7.11 Å². The van der Waals surface area contributed by atoms with Crippen molar-refractivity contribution in [3.05, 3.63) is 87.5 Å². The second-order valence-corrected chi connectivity index (χ2v) is 9.44. The van der Waals surface area contributed by atoms with Crippen molar-refractivity contribution in [2.24, 2.45) is 0 Å².